The Morgan fingerprint density at radius 2 is 1.71 bits per heavy atom. The zero-order valence-electron chi connectivity index (χ0n) is 12.8. The van der Waals surface area contributed by atoms with Crippen molar-refractivity contribution in [1.82, 2.24) is 4.98 Å². The highest BCUT2D eigenvalue weighted by molar-refractivity contribution is 6.08. The van der Waals surface area contributed by atoms with Crippen LogP contribution in [-0.4, -0.2) is 21.8 Å². The molecule has 0 atom stereocenters. The monoisotopic (exact) mass is 314 g/mol. The standard InChI is InChI=1S/C20H14N2O2/c23-20(24)15-4-3-6-18-16(15)12-19(22-18)14-9-7-13(8-10-14)17-5-1-2-11-21-17/h1-11H,12H2,(H,23,24). The van der Waals surface area contributed by atoms with E-state index < -0.39 is 5.97 Å². The molecule has 0 saturated carbocycles. The van der Waals surface area contributed by atoms with Gasteiger partial charge in [-0.05, 0) is 35.4 Å². The lowest BCUT2D eigenvalue weighted by atomic mass is 9.99. The number of nitrogens with zero attached hydrogens (tertiary/aromatic N) is 2. The Kier molecular flexibility index (Phi) is 3.43. The van der Waals surface area contributed by atoms with Crippen molar-refractivity contribution < 1.29 is 9.90 Å². The first-order valence-electron chi connectivity index (χ1n) is 7.67. The van der Waals surface area contributed by atoms with E-state index in [4.69, 9.17) is 0 Å². The van der Waals surface area contributed by atoms with E-state index >= 15 is 0 Å². The number of rotatable bonds is 3. The molecule has 0 aliphatic carbocycles. The van der Waals surface area contributed by atoms with E-state index in [1.807, 2.05) is 48.5 Å². The van der Waals surface area contributed by atoms with Crippen LogP contribution in [-0.2, 0) is 6.42 Å². The molecule has 0 fully saturated rings. The van der Waals surface area contributed by atoms with Crippen molar-refractivity contribution in [3.05, 3.63) is 83.6 Å². The molecule has 4 rings (SSSR count). The topological polar surface area (TPSA) is 62.5 Å². The fourth-order valence-corrected chi connectivity index (χ4v) is 2.95. The first kappa shape index (κ1) is 14.3. The van der Waals surface area contributed by atoms with E-state index in [2.05, 4.69) is 9.98 Å². The van der Waals surface area contributed by atoms with E-state index in [9.17, 15) is 9.90 Å². The molecule has 0 unspecified atom stereocenters. The van der Waals surface area contributed by atoms with Gasteiger partial charge in [0, 0.05) is 18.2 Å². The second-order valence-corrected chi connectivity index (χ2v) is 5.64. The molecule has 3 aromatic rings. The van der Waals surface area contributed by atoms with Crippen molar-refractivity contribution in [3.8, 4) is 11.3 Å². The van der Waals surface area contributed by atoms with Crippen molar-refractivity contribution >= 4 is 17.4 Å². The van der Waals surface area contributed by atoms with Gasteiger partial charge in [0.2, 0.25) is 0 Å². The molecular formula is C20H14N2O2. The van der Waals surface area contributed by atoms with Gasteiger partial charge in [0.05, 0.1) is 22.7 Å². The van der Waals surface area contributed by atoms with Crippen LogP contribution in [0, 0.1) is 0 Å². The maximum atomic E-state index is 11.3. The molecular weight excluding hydrogens is 300 g/mol. The minimum atomic E-state index is -0.909. The van der Waals surface area contributed by atoms with Gasteiger partial charge in [0.1, 0.15) is 0 Å². The number of benzene rings is 2. The lowest BCUT2D eigenvalue weighted by Gasteiger charge is -2.04. The van der Waals surface area contributed by atoms with Crippen molar-refractivity contribution in [2.45, 2.75) is 6.42 Å². The van der Waals surface area contributed by atoms with Crippen LogP contribution in [0.1, 0.15) is 21.5 Å². The smallest absolute Gasteiger partial charge is 0.336 e. The van der Waals surface area contributed by atoms with Gasteiger partial charge in [0.25, 0.3) is 0 Å². The highest BCUT2D eigenvalue weighted by atomic mass is 16.4. The maximum absolute atomic E-state index is 11.3. The van der Waals surface area contributed by atoms with Crippen LogP contribution in [0.3, 0.4) is 0 Å². The fraction of sp³-hybridized carbons (Fsp3) is 0.0500. The Bertz CT molecular complexity index is 945. The molecule has 0 spiro atoms. The Hall–Kier alpha value is -3.27. The average molecular weight is 314 g/mol. The number of aromatic carboxylic acids is 1. The number of hydrogen-bond acceptors (Lipinski definition) is 3. The van der Waals surface area contributed by atoms with Crippen LogP contribution < -0.4 is 0 Å². The third kappa shape index (κ3) is 2.48. The van der Waals surface area contributed by atoms with Crippen LogP contribution in [0.4, 0.5) is 5.69 Å². The van der Waals surface area contributed by atoms with Crippen LogP contribution in [0.15, 0.2) is 71.9 Å². The summed E-state index contributed by atoms with van der Waals surface area (Å²) in [7, 11) is 0. The zero-order chi connectivity index (χ0) is 16.5. The minimum absolute atomic E-state index is 0.330. The highest BCUT2D eigenvalue weighted by Crippen LogP contribution is 2.32. The largest absolute Gasteiger partial charge is 0.478 e. The van der Waals surface area contributed by atoms with Gasteiger partial charge in [-0.15, -0.1) is 0 Å². The Morgan fingerprint density at radius 3 is 2.42 bits per heavy atom. The lowest BCUT2D eigenvalue weighted by molar-refractivity contribution is 0.0696. The van der Waals surface area contributed by atoms with E-state index in [0.717, 1.165) is 33.8 Å². The van der Waals surface area contributed by atoms with Crippen molar-refractivity contribution in [2.75, 3.05) is 0 Å². The molecule has 116 valence electrons. The van der Waals surface area contributed by atoms with Crippen molar-refractivity contribution in [3.63, 3.8) is 0 Å². The second-order valence-electron chi connectivity index (χ2n) is 5.64. The summed E-state index contributed by atoms with van der Waals surface area (Å²) >= 11 is 0. The number of fused-ring (bicyclic) bond motifs is 1. The number of carbonyl (C=O) groups is 1. The Morgan fingerprint density at radius 1 is 0.917 bits per heavy atom. The highest BCUT2D eigenvalue weighted by Gasteiger charge is 2.21. The summed E-state index contributed by atoms with van der Waals surface area (Å²) in [5, 5.41) is 9.31. The third-order valence-electron chi connectivity index (χ3n) is 4.16. The van der Waals surface area contributed by atoms with Gasteiger partial charge in [0.15, 0.2) is 0 Å². The summed E-state index contributed by atoms with van der Waals surface area (Å²) in [5.74, 6) is -0.909. The quantitative estimate of drug-likeness (QED) is 0.791. The molecule has 2 aromatic carbocycles. The molecule has 0 amide bonds. The summed E-state index contributed by atoms with van der Waals surface area (Å²) in [6.45, 7) is 0. The summed E-state index contributed by atoms with van der Waals surface area (Å²) in [6, 6.07) is 19.1. The van der Waals surface area contributed by atoms with Crippen LogP contribution in [0.5, 0.6) is 0 Å². The summed E-state index contributed by atoms with van der Waals surface area (Å²) < 4.78 is 0. The third-order valence-corrected chi connectivity index (χ3v) is 4.16. The van der Waals surface area contributed by atoms with Gasteiger partial charge < -0.3 is 5.11 Å². The normalized spacial score (nSPS) is 12.6. The second kappa shape index (κ2) is 5.74. The minimum Gasteiger partial charge on any atom is -0.478 e. The number of carboxylic acids is 1. The van der Waals surface area contributed by atoms with Crippen LogP contribution >= 0.6 is 0 Å². The predicted octanol–water partition coefficient (Wildman–Crippen LogP) is 4.12. The molecule has 0 saturated heterocycles. The van der Waals surface area contributed by atoms with E-state index in [1.165, 1.54) is 0 Å². The van der Waals surface area contributed by atoms with Gasteiger partial charge >= 0.3 is 5.97 Å². The number of hydrogen-bond donors (Lipinski definition) is 1. The molecule has 1 aromatic heterocycles. The summed E-state index contributed by atoms with van der Waals surface area (Å²) in [6.07, 6.45) is 2.31. The van der Waals surface area contributed by atoms with Gasteiger partial charge in [-0.25, -0.2) is 4.79 Å². The molecule has 4 heteroatoms. The van der Waals surface area contributed by atoms with Crippen LogP contribution in [0.25, 0.3) is 11.3 Å². The Balaban J connectivity index is 1.64. The molecule has 0 radical (unpaired) electrons. The summed E-state index contributed by atoms with van der Waals surface area (Å²) in [5.41, 5.74) is 5.73. The predicted molar refractivity (Wildman–Crippen MR) is 93.0 cm³/mol. The number of carboxylic acid groups (broad SMARTS) is 1. The zero-order valence-corrected chi connectivity index (χ0v) is 12.8. The molecule has 24 heavy (non-hydrogen) atoms. The fourth-order valence-electron chi connectivity index (χ4n) is 2.95. The van der Waals surface area contributed by atoms with Gasteiger partial charge in [-0.3, -0.25) is 9.98 Å². The lowest BCUT2D eigenvalue weighted by Crippen LogP contribution is -2.05. The van der Waals surface area contributed by atoms with Gasteiger partial charge in [-0.1, -0.05) is 36.4 Å². The number of pyridine rings is 1. The Labute approximate surface area is 139 Å². The molecule has 1 aliphatic rings. The molecule has 1 N–H and O–H groups in total. The summed E-state index contributed by atoms with van der Waals surface area (Å²) in [4.78, 5) is 20.3. The maximum Gasteiger partial charge on any atom is 0.336 e. The van der Waals surface area contributed by atoms with Crippen LogP contribution in [0.2, 0.25) is 0 Å². The van der Waals surface area contributed by atoms with E-state index in [0.29, 0.717) is 12.0 Å². The first-order valence-corrected chi connectivity index (χ1v) is 7.67. The van der Waals surface area contributed by atoms with Crippen molar-refractivity contribution in [2.24, 2.45) is 4.99 Å². The molecule has 0 bridgehead atoms. The van der Waals surface area contributed by atoms with E-state index in [1.54, 1.807) is 18.3 Å². The first-order chi connectivity index (χ1) is 11.7. The van der Waals surface area contributed by atoms with E-state index in [-0.39, 0.29) is 0 Å². The number of aliphatic imine (C=N–C) groups is 1. The van der Waals surface area contributed by atoms with Gasteiger partial charge in [-0.2, -0.15) is 0 Å². The average Bonchev–Trinajstić information content (AvgIpc) is 3.06. The molecule has 4 nitrogen and oxygen atoms in total. The SMILES string of the molecule is O=C(O)c1cccc2c1CC(c1ccc(-c3ccccn3)cc1)=N2. The van der Waals surface area contributed by atoms with Crippen molar-refractivity contribution in [1.29, 1.82) is 0 Å². The molecule has 1 aliphatic heterocycles. The number of aromatic nitrogens is 1. The molecule has 2 heterocycles.